The lowest BCUT2D eigenvalue weighted by Crippen LogP contribution is -2.02. The van der Waals surface area contributed by atoms with Gasteiger partial charge in [0.1, 0.15) is 6.26 Å². The molecule has 5 nitrogen and oxygen atoms in total. The van der Waals surface area contributed by atoms with Gasteiger partial charge in [0, 0.05) is 24.5 Å². The number of rotatable bonds is 3. The van der Waals surface area contributed by atoms with Crippen LogP contribution < -0.4 is 5.32 Å². The fourth-order valence-corrected chi connectivity index (χ4v) is 1.05. The Labute approximate surface area is 81.2 Å². The minimum Gasteiger partial charge on any atom is -0.364 e. The predicted octanol–water partition coefficient (Wildman–Crippen LogP) is 1.39. The summed E-state index contributed by atoms with van der Waals surface area (Å²) in [5, 5.41) is 6.84. The van der Waals surface area contributed by atoms with Crippen molar-refractivity contribution < 1.29 is 4.52 Å². The van der Waals surface area contributed by atoms with Crippen LogP contribution in [0.2, 0.25) is 0 Å². The quantitative estimate of drug-likeness (QED) is 0.792. The number of nitrogens with one attached hydrogen (secondary N) is 1. The molecule has 0 saturated heterocycles. The maximum atomic E-state index is 4.80. The molecular formula is C9H10N4O. The maximum Gasteiger partial charge on any atom is 0.222 e. The average Bonchev–Trinajstić information content (AvgIpc) is 2.63. The summed E-state index contributed by atoms with van der Waals surface area (Å²) in [7, 11) is 0. The third-order valence-electron chi connectivity index (χ3n) is 1.85. The van der Waals surface area contributed by atoms with E-state index in [0.717, 1.165) is 11.3 Å². The first-order valence-electron chi connectivity index (χ1n) is 4.27. The highest BCUT2D eigenvalue weighted by Gasteiger charge is 2.02. The molecule has 0 aliphatic rings. The molecule has 5 heteroatoms. The second kappa shape index (κ2) is 3.87. The highest BCUT2D eigenvalue weighted by molar-refractivity contribution is 5.26. The molecule has 2 aromatic heterocycles. The van der Waals surface area contributed by atoms with Crippen LogP contribution in [0, 0.1) is 6.92 Å². The van der Waals surface area contributed by atoms with Crippen LogP contribution in [0.25, 0.3) is 0 Å². The van der Waals surface area contributed by atoms with E-state index in [0.29, 0.717) is 12.5 Å². The molecule has 0 aliphatic heterocycles. The summed E-state index contributed by atoms with van der Waals surface area (Å²) in [6, 6.07) is 1.77. The highest BCUT2D eigenvalue weighted by Crippen LogP contribution is 2.06. The van der Waals surface area contributed by atoms with Crippen LogP contribution in [0.5, 0.6) is 0 Å². The topological polar surface area (TPSA) is 63.8 Å². The van der Waals surface area contributed by atoms with Gasteiger partial charge in [0.05, 0.1) is 5.69 Å². The first-order chi connectivity index (χ1) is 6.86. The minimum absolute atomic E-state index is 0.605. The zero-order chi connectivity index (χ0) is 9.80. The first kappa shape index (κ1) is 8.68. The van der Waals surface area contributed by atoms with E-state index >= 15 is 0 Å². The zero-order valence-electron chi connectivity index (χ0n) is 7.77. The SMILES string of the molecule is Cc1nocc1CNc1ncccn1. The third-order valence-corrected chi connectivity index (χ3v) is 1.85. The van der Waals surface area contributed by atoms with E-state index in [-0.39, 0.29) is 0 Å². The van der Waals surface area contributed by atoms with Gasteiger partial charge >= 0.3 is 0 Å². The second-order valence-electron chi connectivity index (χ2n) is 2.85. The maximum absolute atomic E-state index is 4.80. The van der Waals surface area contributed by atoms with Crippen LogP contribution in [0.3, 0.4) is 0 Å². The van der Waals surface area contributed by atoms with E-state index in [1.54, 1.807) is 24.7 Å². The highest BCUT2D eigenvalue weighted by atomic mass is 16.5. The van der Waals surface area contributed by atoms with Crippen LogP contribution in [-0.4, -0.2) is 15.1 Å². The monoisotopic (exact) mass is 190 g/mol. The van der Waals surface area contributed by atoms with Crippen molar-refractivity contribution in [3.63, 3.8) is 0 Å². The van der Waals surface area contributed by atoms with Gasteiger partial charge in [-0.15, -0.1) is 0 Å². The lowest BCUT2D eigenvalue weighted by molar-refractivity contribution is 0.414. The smallest absolute Gasteiger partial charge is 0.222 e. The van der Waals surface area contributed by atoms with Crippen LogP contribution in [-0.2, 0) is 6.54 Å². The molecule has 0 fully saturated rings. The standard InChI is InChI=1S/C9H10N4O/c1-7-8(6-14-13-7)5-12-9-10-3-2-4-11-9/h2-4,6H,5H2,1H3,(H,10,11,12). The fraction of sp³-hybridized carbons (Fsp3) is 0.222. The molecule has 0 bridgehead atoms. The summed E-state index contributed by atoms with van der Waals surface area (Å²) in [4.78, 5) is 8.07. The van der Waals surface area contributed by atoms with Crippen LogP contribution in [0.4, 0.5) is 5.95 Å². The number of nitrogens with zero attached hydrogens (tertiary/aromatic N) is 3. The van der Waals surface area contributed by atoms with E-state index in [2.05, 4.69) is 20.4 Å². The molecular weight excluding hydrogens is 180 g/mol. The molecule has 0 spiro atoms. The van der Waals surface area contributed by atoms with Gasteiger partial charge < -0.3 is 9.84 Å². The molecule has 0 radical (unpaired) electrons. The van der Waals surface area contributed by atoms with E-state index in [1.807, 2.05) is 6.92 Å². The van der Waals surface area contributed by atoms with Crippen molar-refractivity contribution in [2.45, 2.75) is 13.5 Å². The Bertz CT molecular complexity index is 398. The van der Waals surface area contributed by atoms with Gasteiger partial charge in [-0.05, 0) is 13.0 Å². The van der Waals surface area contributed by atoms with Gasteiger partial charge in [-0.1, -0.05) is 5.16 Å². The van der Waals surface area contributed by atoms with Gasteiger partial charge in [-0.25, -0.2) is 9.97 Å². The molecule has 1 N–H and O–H groups in total. The Kier molecular flexibility index (Phi) is 2.40. The predicted molar refractivity (Wildman–Crippen MR) is 50.6 cm³/mol. The number of hydrogen-bond acceptors (Lipinski definition) is 5. The average molecular weight is 190 g/mol. The Balaban J connectivity index is 1.99. The van der Waals surface area contributed by atoms with Crippen molar-refractivity contribution >= 4 is 5.95 Å². The molecule has 2 rings (SSSR count). The largest absolute Gasteiger partial charge is 0.364 e. The summed E-state index contributed by atoms with van der Waals surface area (Å²) in [5.74, 6) is 0.605. The van der Waals surface area contributed by atoms with Gasteiger partial charge in [0.25, 0.3) is 0 Å². The lowest BCUT2D eigenvalue weighted by atomic mass is 10.3. The normalized spacial score (nSPS) is 10.1. The molecule has 0 amide bonds. The fourth-order valence-electron chi connectivity index (χ4n) is 1.05. The van der Waals surface area contributed by atoms with Gasteiger partial charge in [0.15, 0.2) is 0 Å². The van der Waals surface area contributed by atoms with Crippen LogP contribution >= 0.6 is 0 Å². The van der Waals surface area contributed by atoms with Crippen LogP contribution in [0.15, 0.2) is 29.2 Å². The summed E-state index contributed by atoms with van der Waals surface area (Å²) in [6.45, 7) is 2.52. The van der Waals surface area contributed by atoms with E-state index in [4.69, 9.17) is 4.52 Å². The Morgan fingerprint density at radius 2 is 2.14 bits per heavy atom. The van der Waals surface area contributed by atoms with Crippen LogP contribution in [0.1, 0.15) is 11.3 Å². The number of aromatic nitrogens is 3. The molecule has 0 aromatic carbocycles. The van der Waals surface area contributed by atoms with E-state index in [1.165, 1.54) is 0 Å². The Morgan fingerprint density at radius 1 is 1.36 bits per heavy atom. The molecule has 0 atom stereocenters. The summed E-state index contributed by atoms with van der Waals surface area (Å²) in [6.07, 6.45) is 5.00. The summed E-state index contributed by atoms with van der Waals surface area (Å²) >= 11 is 0. The van der Waals surface area contributed by atoms with Crippen molar-refractivity contribution in [3.05, 3.63) is 36.0 Å². The van der Waals surface area contributed by atoms with Gasteiger partial charge in [0.2, 0.25) is 5.95 Å². The van der Waals surface area contributed by atoms with E-state index < -0.39 is 0 Å². The molecule has 14 heavy (non-hydrogen) atoms. The molecule has 0 saturated carbocycles. The van der Waals surface area contributed by atoms with Crippen molar-refractivity contribution in [2.75, 3.05) is 5.32 Å². The lowest BCUT2D eigenvalue weighted by Gasteiger charge is -2.01. The first-order valence-corrected chi connectivity index (χ1v) is 4.27. The summed E-state index contributed by atoms with van der Waals surface area (Å²) < 4.78 is 4.80. The van der Waals surface area contributed by atoms with Crippen molar-refractivity contribution in [1.29, 1.82) is 0 Å². The van der Waals surface area contributed by atoms with E-state index in [9.17, 15) is 0 Å². The third kappa shape index (κ3) is 1.87. The molecule has 0 unspecified atom stereocenters. The second-order valence-corrected chi connectivity index (χ2v) is 2.85. The van der Waals surface area contributed by atoms with Crippen molar-refractivity contribution in [2.24, 2.45) is 0 Å². The van der Waals surface area contributed by atoms with Gasteiger partial charge in [-0.2, -0.15) is 0 Å². The Morgan fingerprint density at radius 3 is 2.79 bits per heavy atom. The molecule has 0 aliphatic carbocycles. The number of hydrogen-bond donors (Lipinski definition) is 1. The minimum atomic E-state index is 0.605. The Hall–Kier alpha value is -1.91. The van der Waals surface area contributed by atoms with Gasteiger partial charge in [-0.3, -0.25) is 0 Å². The molecule has 2 heterocycles. The number of anilines is 1. The van der Waals surface area contributed by atoms with Crippen molar-refractivity contribution in [3.8, 4) is 0 Å². The number of aryl methyl sites for hydroxylation is 1. The molecule has 72 valence electrons. The zero-order valence-corrected chi connectivity index (χ0v) is 7.77. The molecule has 2 aromatic rings. The van der Waals surface area contributed by atoms with Crippen molar-refractivity contribution in [1.82, 2.24) is 15.1 Å². The summed E-state index contributed by atoms with van der Waals surface area (Å²) in [5.41, 5.74) is 1.89.